The van der Waals surface area contributed by atoms with Gasteiger partial charge >= 0.3 is 11.8 Å². The second kappa shape index (κ2) is 5.70. The van der Waals surface area contributed by atoms with Crippen molar-refractivity contribution in [2.45, 2.75) is 6.54 Å². The smallest absolute Gasteiger partial charge is 0.404 e. The maximum Gasteiger partial charge on any atom is 0.404 e. The molecule has 0 aliphatic rings. The molecule has 8 heteroatoms. The monoisotopic (exact) mass is 295 g/mol. The Labute approximate surface area is 118 Å². The molecule has 0 saturated carbocycles. The maximum absolute atomic E-state index is 11.5. The summed E-state index contributed by atoms with van der Waals surface area (Å²) in [4.78, 5) is 21.6. The van der Waals surface area contributed by atoms with Gasteiger partial charge in [-0.25, -0.2) is 4.79 Å². The maximum atomic E-state index is 11.5. The molecule has 104 valence electrons. The standard InChI is InChI=1S/C12H10ClN3O4/c1-20-12(17)9-7-15(14-11(9)16(18)19)6-8-4-2-3-5-10(8)13/h2-5,7H,6H2,1H3. The molecule has 7 nitrogen and oxygen atoms in total. The molecule has 0 amide bonds. The predicted octanol–water partition coefficient (Wildman–Crippen LogP) is 2.28. The van der Waals surface area contributed by atoms with Gasteiger partial charge in [0.05, 0.1) is 25.0 Å². The highest BCUT2D eigenvalue weighted by molar-refractivity contribution is 6.31. The number of esters is 1. The van der Waals surface area contributed by atoms with Gasteiger partial charge in [0.25, 0.3) is 0 Å². The number of ether oxygens (including phenoxy) is 1. The summed E-state index contributed by atoms with van der Waals surface area (Å²) < 4.78 is 5.77. The van der Waals surface area contributed by atoms with Crippen LogP contribution >= 0.6 is 11.6 Å². The molecule has 1 heterocycles. The number of benzene rings is 1. The highest BCUT2D eigenvalue weighted by atomic mass is 35.5. The van der Waals surface area contributed by atoms with Gasteiger partial charge in [-0.2, -0.15) is 4.68 Å². The van der Waals surface area contributed by atoms with Crippen LogP contribution in [0.3, 0.4) is 0 Å². The normalized spacial score (nSPS) is 10.3. The molecule has 0 unspecified atom stereocenters. The van der Waals surface area contributed by atoms with Crippen LogP contribution in [0, 0.1) is 10.1 Å². The molecule has 1 aromatic heterocycles. The Kier molecular flexibility index (Phi) is 3.99. The van der Waals surface area contributed by atoms with E-state index in [1.165, 1.54) is 10.9 Å². The van der Waals surface area contributed by atoms with Crippen LogP contribution in [0.15, 0.2) is 30.5 Å². The molecule has 0 aliphatic heterocycles. The van der Waals surface area contributed by atoms with E-state index in [9.17, 15) is 14.9 Å². The van der Waals surface area contributed by atoms with E-state index in [1.54, 1.807) is 24.3 Å². The Bertz CT molecular complexity index is 668. The molecular formula is C12H10ClN3O4. The number of aromatic nitrogens is 2. The SMILES string of the molecule is COC(=O)c1cn(Cc2ccccc2Cl)nc1[N+](=O)[O-]. The molecule has 0 atom stereocenters. The number of methoxy groups -OCH3 is 1. The second-order valence-electron chi connectivity index (χ2n) is 3.90. The summed E-state index contributed by atoms with van der Waals surface area (Å²) in [6.45, 7) is 0.220. The molecule has 1 aromatic carbocycles. The minimum atomic E-state index is -0.804. The van der Waals surface area contributed by atoms with Gasteiger partial charge in [0.2, 0.25) is 0 Å². The molecule has 0 spiro atoms. The first-order chi connectivity index (χ1) is 9.52. The van der Waals surface area contributed by atoms with Crippen LogP contribution in [-0.2, 0) is 11.3 Å². The van der Waals surface area contributed by atoms with Crippen LogP contribution in [0.25, 0.3) is 0 Å². The zero-order valence-electron chi connectivity index (χ0n) is 10.4. The topological polar surface area (TPSA) is 87.3 Å². The third-order valence-electron chi connectivity index (χ3n) is 2.61. The van der Waals surface area contributed by atoms with Gasteiger partial charge in [0.1, 0.15) is 0 Å². The van der Waals surface area contributed by atoms with E-state index in [1.807, 2.05) is 0 Å². The minimum Gasteiger partial charge on any atom is -0.465 e. The molecular weight excluding hydrogens is 286 g/mol. The third-order valence-corrected chi connectivity index (χ3v) is 2.98. The van der Waals surface area contributed by atoms with Crippen molar-refractivity contribution in [3.63, 3.8) is 0 Å². The van der Waals surface area contributed by atoms with Gasteiger partial charge < -0.3 is 14.9 Å². The lowest BCUT2D eigenvalue weighted by molar-refractivity contribution is -0.390. The lowest BCUT2D eigenvalue weighted by atomic mass is 10.2. The molecule has 0 aliphatic carbocycles. The van der Waals surface area contributed by atoms with Crippen LogP contribution in [0.2, 0.25) is 5.02 Å². The Balaban J connectivity index is 2.37. The highest BCUT2D eigenvalue weighted by Gasteiger charge is 2.27. The van der Waals surface area contributed by atoms with E-state index < -0.39 is 16.7 Å². The molecule has 0 bridgehead atoms. The van der Waals surface area contributed by atoms with Gasteiger partial charge in [0.15, 0.2) is 5.56 Å². The molecule has 0 N–H and O–H groups in total. The van der Waals surface area contributed by atoms with Crippen molar-refractivity contribution in [2.75, 3.05) is 7.11 Å². The van der Waals surface area contributed by atoms with Gasteiger partial charge in [-0.3, -0.25) is 0 Å². The zero-order chi connectivity index (χ0) is 14.7. The van der Waals surface area contributed by atoms with Crippen LogP contribution in [0.5, 0.6) is 0 Å². The van der Waals surface area contributed by atoms with Gasteiger partial charge in [0, 0.05) is 5.02 Å². The largest absolute Gasteiger partial charge is 0.465 e. The fourth-order valence-corrected chi connectivity index (χ4v) is 1.88. The van der Waals surface area contributed by atoms with Crippen molar-refractivity contribution < 1.29 is 14.5 Å². The zero-order valence-corrected chi connectivity index (χ0v) is 11.2. The van der Waals surface area contributed by atoms with Crippen LogP contribution in [0.4, 0.5) is 5.82 Å². The number of carbonyl (C=O) groups is 1. The van der Waals surface area contributed by atoms with Gasteiger partial charge in [-0.1, -0.05) is 29.8 Å². The molecule has 0 saturated heterocycles. The molecule has 20 heavy (non-hydrogen) atoms. The number of hydrogen-bond acceptors (Lipinski definition) is 5. The van der Waals surface area contributed by atoms with E-state index in [-0.39, 0.29) is 12.1 Å². The lowest BCUT2D eigenvalue weighted by Gasteiger charge is -2.00. The average molecular weight is 296 g/mol. The first-order valence-electron chi connectivity index (χ1n) is 5.56. The van der Waals surface area contributed by atoms with Crippen LogP contribution < -0.4 is 0 Å². The summed E-state index contributed by atoms with van der Waals surface area (Å²) in [7, 11) is 1.15. The number of nitrogens with zero attached hydrogens (tertiary/aromatic N) is 3. The summed E-state index contributed by atoms with van der Waals surface area (Å²) >= 11 is 6.01. The molecule has 2 rings (SSSR count). The van der Waals surface area contributed by atoms with Gasteiger partial charge in [-0.05, 0) is 16.6 Å². The first kappa shape index (κ1) is 14.0. The van der Waals surface area contributed by atoms with E-state index in [4.69, 9.17) is 11.6 Å². The third kappa shape index (κ3) is 2.77. The van der Waals surface area contributed by atoms with Crippen molar-refractivity contribution in [2.24, 2.45) is 0 Å². The summed E-state index contributed by atoms with van der Waals surface area (Å²) in [6, 6.07) is 7.04. The Morgan fingerprint density at radius 2 is 2.20 bits per heavy atom. The molecule has 0 fully saturated rings. The number of rotatable bonds is 4. The molecule has 2 aromatic rings. The first-order valence-corrected chi connectivity index (χ1v) is 5.94. The number of halogens is 1. The number of nitro groups is 1. The average Bonchev–Trinajstić information content (AvgIpc) is 2.85. The summed E-state index contributed by atoms with van der Waals surface area (Å²) in [5, 5.41) is 15.2. The van der Waals surface area contributed by atoms with E-state index >= 15 is 0 Å². The quantitative estimate of drug-likeness (QED) is 0.490. The second-order valence-corrected chi connectivity index (χ2v) is 4.31. The number of carbonyl (C=O) groups excluding carboxylic acids is 1. The summed E-state index contributed by atoms with van der Waals surface area (Å²) in [5.74, 6) is -1.34. The fraction of sp³-hybridized carbons (Fsp3) is 0.167. The van der Waals surface area contributed by atoms with Crippen LogP contribution in [-0.4, -0.2) is 27.8 Å². The van der Waals surface area contributed by atoms with E-state index in [2.05, 4.69) is 9.84 Å². The van der Waals surface area contributed by atoms with Crippen molar-refractivity contribution in [1.82, 2.24) is 9.78 Å². The summed E-state index contributed by atoms with van der Waals surface area (Å²) in [6.07, 6.45) is 1.27. The fourth-order valence-electron chi connectivity index (χ4n) is 1.68. The lowest BCUT2D eigenvalue weighted by Crippen LogP contribution is -2.03. The predicted molar refractivity (Wildman–Crippen MR) is 70.8 cm³/mol. The van der Waals surface area contributed by atoms with Gasteiger partial charge in [-0.15, -0.1) is 0 Å². The van der Waals surface area contributed by atoms with E-state index in [0.29, 0.717) is 5.02 Å². The Hall–Kier alpha value is -2.41. The number of hydrogen-bond donors (Lipinski definition) is 0. The van der Waals surface area contributed by atoms with Crippen molar-refractivity contribution in [3.8, 4) is 0 Å². The Morgan fingerprint density at radius 1 is 1.50 bits per heavy atom. The van der Waals surface area contributed by atoms with Crippen molar-refractivity contribution in [1.29, 1.82) is 0 Å². The van der Waals surface area contributed by atoms with Crippen molar-refractivity contribution in [3.05, 3.63) is 56.7 Å². The Morgan fingerprint density at radius 3 is 2.80 bits per heavy atom. The molecule has 0 radical (unpaired) electrons. The van der Waals surface area contributed by atoms with E-state index in [0.717, 1.165) is 12.7 Å². The van der Waals surface area contributed by atoms with Crippen LogP contribution in [0.1, 0.15) is 15.9 Å². The summed E-state index contributed by atoms with van der Waals surface area (Å²) in [5.41, 5.74) is 0.549. The highest BCUT2D eigenvalue weighted by Crippen LogP contribution is 2.20. The van der Waals surface area contributed by atoms with Crippen molar-refractivity contribution >= 4 is 23.4 Å². The minimum absolute atomic E-state index is 0.190.